The van der Waals surface area contributed by atoms with E-state index in [9.17, 15) is 4.79 Å². The molecule has 0 heterocycles. The third-order valence-corrected chi connectivity index (χ3v) is 2.79. The summed E-state index contributed by atoms with van der Waals surface area (Å²) in [4.78, 5) is 12.8. The van der Waals surface area contributed by atoms with Gasteiger partial charge in [0.05, 0.1) is 20.6 Å². The highest BCUT2D eigenvalue weighted by Crippen LogP contribution is 2.33. The Kier molecular flexibility index (Phi) is 4.97. The zero-order chi connectivity index (χ0) is 13.7. The molecule has 0 aromatic heterocycles. The zero-order valence-electron chi connectivity index (χ0n) is 11.1. The third kappa shape index (κ3) is 3.37. The minimum Gasteiger partial charge on any atom is -0.497 e. The molecule has 1 atom stereocenters. The minimum absolute atomic E-state index is 0.0104. The number of hydrogen-bond acceptors (Lipinski definition) is 4. The van der Waals surface area contributed by atoms with Crippen molar-refractivity contribution in [3.63, 3.8) is 0 Å². The first-order valence-electron chi connectivity index (χ1n) is 5.59. The average molecular weight is 253 g/mol. The number of carboxylic acid groups (broad SMARTS) is 1. The van der Waals surface area contributed by atoms with Crippen LogP contribution >= 0.6 is 0 Å². The third-order valence-electron chi connectivity index (χ3n) is 2.79. The van der Waals surface area contributed by atoms with Gasteiger partial charge >= 0.3 is 5.97 Å². The normalized spacial score (nSPS) is 12.3. The molecule has 18 heavy (non-hydrogen) atoms. The van der Waals surface area contributed by atoms with E-state index in [-0.39, 0.29) is 12.5 Å². The van der Waals surface area contributed by atoms with Gasteiger partial charge in [0.15, 0.2) is 0 Å². The summed E-state index contributed by atoms with van der Waals surface area (Å²) < 4.78 is 10.5. The van der Waals surface area contributed by atoms with Crippen LogP contribution in [0.25, 0.3) is 0 Å². The Hall–Kier alpha value is -1.75. The Labute approximate surface area is 107 Å². The van der Waals surface area contributed by atoms with Crippen LogP contribution in [0.1, 0.15) is 18.0 Å². The van der Waals surface area contributed by atoms with E-state index in [1.807, 2.05) is 25.1 Å². The van der Waals surface area contributed by atoms with E-state index in [4.69, 9.17) is 14.6 Å². The Bertz CT molecular complexity index is 417. The predicted octanol–water partition coefficient (Wildman–Crippen LogP) is 1.78. The molecular formula is C13H19NO4. The first-order chi connectivity index (χ1) is 8.49. The van der Waals surface area contributed by atoms with Crippen LogP contribution in [0.2, 0.25) is 0 Å². The fourth-order valence-corrected chi connectivity index (χ4v) is 1.84. The van der Waals surface area contributed by atoms with Gasteiger partial charge in [-0.1, -0.05) is 0 Å². The highest BCUT2D eigenvalue weighted by molar-refractivity contribution is 5.68. The van der Waals surface area contributed by atoms with Crippen LogP contribution in [-0.2, 0) is 4.79 Å². The number of hydrogen-bond donors (Lipinski definition) is 1. The molecule has 1 unspecified atom stereocenters. The molecule has 100 valence electrons. The van der Waals surface area contributed by atoms with E-state index in [1.54, 1.807) is 26.4 Å². The molecule has 1 aromatic carbocycles. The Balaban J connectivity index is 3.19. The molecule has 5 nitrogen and oxygen atoms in total. The van der Waals surface area contributed by atoms with Gasteiger partial charge in [0.1, 0.15) is 11.5 Å². The molecular weight excluding hydrogens is 234 g/mol. The summed E-state index contributed by atoms with van der Waals surface area (Å²) in [5, 5.41) is 8.99. The molecule has 0 bridgehead atoms. The molecule has 0 aliphatic carbocycles. The summed E-state index contributed by atoms with van der Waals surface area (Å²) >= 11 is 0. The molecule has 0 saturated carbocycles. The monoisotopic (exact) mass is 253 g/mol. The second-order valence-electron chi connectivity index (χ2n) is 4.19. The molecule has 0 aliphatic rings. The number of aliphatic carboxylic acids is 1. The smallest absolute Gasteiger partial charge is 0.305 e. The fourth-order valence-electron chi connectivity index (χ4n) is 1.84. The maximum Gasteiger partial charge on any atom is 0.305 e. The topological polar surface area (TPSA) is 59.0 Å². The van der Waals surface area contributed by atoms with E-state index < -0.39 is 5.97 Å². The number of methoxy groups -OCH3 is 2. The maximum absolute atomic E-state index is 10.9. The van der Waals surface area contributed by atoms with Crippen molar-refractivity contribution in [1.82, 2.24) is 4.90 Å². The minimum atomic E-state index is -0.849. The van der Waals surface area contributed by atoms with Crippen LogP contribution in [0.4, 0.5) is 0 Å². The molecule has 0 fully saturated rings. The largest absolute Gasteiger partial charge is 0.497 e. The molecule has 0 amide bonds. The fraction of sp³-hybridized carbons (Fsp3) is 0.462. The second kappa shape index (κ2) is 6.26. The Morgan fingerprint density at radius 3 is 2.44 bits per heavy atom. The van der Waals surface area contributed by atoms with Crippen molar-refractivity contribution in [2.24, 2.45) is 0 Å². The van der Waals surface area contributed by atoms with Gasteiger partial charge in [0, 0.05) is 11.6 Å². The number of carboxylic acids is 1. The average Bonchev–Trinajstić information content (AvgIpc) is 2.34. The zero-order valence-corrected chi connectivity index (χ0v) is 11.1. The van der Waals surface area contributed by atoms with Crippen LogP contribution in [0.5, 0.6) is 11.5 Å². The number of ether oxygens (including phenoxy) is 2. The number of carbonyl (C=O) groups is 1. The molecule has 0 aliphatic heterocycles. The number of rotatable bonds is 6. The Morgan fingerprint density at radius 1 is 1.33 bits per heavy atom. The van der Waals surface area contributed by atoms with Crippen LogP contribution in [0, 0.1) is 0 Å². The van der Waals surface area contributed by atoms with E-state index in [2.05, 4.69) is 0 Å². The van der Waals surface area contributed by atoms with Crippen molar-refractivity contribution >= 4 is 5.97 Å². The summed E-state index contributed by atoms with van der Waals surface area (Å²) in [6.45, 7) is 0. The van der Waals surface area contributed by atoms with Crippen LogP contribution in [0.3, 0.4) is 0 Å². The SMILES string of the molecule is COc1ccc(OC)c(C(CC(=O)O)N(C)C)c1. The van der Waals surface area contributed by atoms with E-state index >= 15 is 0 Å². The van der Waals surface area contributed by atoms with Gasteiger partial charge in [0.2, 0.25) is 0 Å². The van der Waals surface area contributed by atoms with Gasteiger partial charge in [-0.05, 0) is 32.3 Å². The van der Waals surface area contributed by atoms with E-state index in [0.717, 1.165) is 5.56 Å². The van der Waals surface area contributed by atoms with Gasteiger partial charge < -0.3 is 19.5 Å². The predicted molar refractivity (Wildman–Crippen MR) is 68.2 cm³/mol. The maximum atomic E-state index is 10.9. The lowest BCUT2D eigenvalue weighted by molar-refractivity contribution is -0.138. The van der Waals surface area contributed by atoms with Gasteiger partial charge in [-0.25, -0.2) is 0 Å². The first-order valence-corrected chi connectivity index (χ1v) is 5.59. The van der Waals surface area contributed by atoms with Gasteiger partial charge in [-0.2, -0.15) is 0 Å². The molecule has 5 heteroatoms. The summed E-state index contributed by atoms with van der Waals surface area (Å²) in [6.07, 6.45) is 0.0104. The van der Waals surface area contributed by atoms with E-state index in [1.165, 1.54) is 0 Å². The second-order valence-corrected chi connectivity index (χ2v) is 4.19. The highest BCUT2D eigenvalue weighted by Gasteiger charge is 2.22. The molecule has 0 saturated heterocycles. The van der Waals surface area contributed by atoms with Crippen LogP contribution in [-0.4, -0.2) is 44.3 Å². The molecule has 0 spiro atoms. The molecule has 1 N–H and O–H groups in total. The number of benzene rings is 1. The summed E-state index contributed by atoms with van der Waals surface area (Å²) in [5.41, 5.74) is 0.809. The molecule has 1 rings (SSSR count). The first kappa shape index (κ1) is 14.3. The van der Waals surface area contributed by atoms with Crippen LogP contribution in [0.15, 0.2) is 18.2 Å². The lowest BCUT2D eigenvalue weighted by Crippen LogP contribution is -2.23. The highest BCUT2D eigenvalue weighted by atomic mass is 16.5. The van der Waals surface area contributed by atoms with Crippen LogP contribution < -0.4 is 9.47 Å². The van der Waals surface area contributed by atoms with Crippen molar-refractivity contribution < 1.29 is 19.4 Å². The summed E-state index contributed by atoms with van der Waals surface area (Å²) in [5.74, 6) is 0.498. The van der Waals surface area contributed by atoms with Gasteiger partial charge in [0.25, 0.3) is 0 Å². The molecule has 1 aromatic rings. The summed E-state index contributed by atoms with van der Waals surface area (Å²) in [7, 11) is 6.82. The quantitative estimate of drug-likeness (QED) is 0.837. The number of nitrogens with zero attached hydrogens (tertiary/aromatic N) is 1. The van der Waals surface area contributed by atoms with Crippen molar-refractivity contribution in [2.75, 3.05) is 28.3 Å². The van der Waals surface area contributed by atoms with Crippen molar-refractivity contribution in [3.05, 3.63) is 23.8 Å². The lowest BCUT2D eigenvalue weighted by atomic mass is 10.0. The summed E-state index contributed by atoms with van der Waals surface area (Å²) in [6, 6.07) is 5.13. The lowest BCUT2D eigenvalue weighted by Gasteiger charge is -2.25. The Morgan fingerprint density at radius 2 is 2.00 bits per heavy atom. The molecule has 0 radical (unpaired) electrons. The van der Waals surface area contributed by atoms with Crippen molar-refractivity contribution in [3.8, 4) is 11.5 Å². The van der Waals surface area contributed by atoms with Crippen molar-refractivity contribution in [2.45, 2.75) is 12.5 Å². The van der Waals surface area contributed by atoms with Gasteiger partial charge in [-0.3, -0.25) is 4.79 Å². The van der Waals surface area contributed by atoms with E-state index in [0.29, 0.717) is 11.5 Å². The van der Waals surface area contributed by atoms with Crippen molar-refractivity contribution in [1.29, 1.82) is 0 Å². The van der Waals surface area contributed by atoms with Gasteiger partial charge in [-0.15, -0.1) is 0 Å². The standard InChI is InChI=1S/C13H19NO4/c1-14(2)11(8-13(15)16)10-7-9(17-3)5-6-12(10)18-4/h5-7,11H,8H2,1-4H3,(H,15,16).